The standard InChI is InChI=1S/C25H26N4OS/c1-27-16-20(21-9-5-6-10-23(21)27)15-25(30)29-13-11-28(12-14-29)17-24-26-22(18-31-24)19-7-3-2-4-8-19/h2-10,16,18H,11-15,17H2,1H3. The monoisotopic (exact) mass is 430 g/mol. The van der Waals surface area contributed by atoms with Crippen molar-refractivity contribution < 1.29 is 4.79 Å². The second-order valence-corrected chi connectivity index (χ2v) is 9.05. The van der Waals surface area contributed by atoms with Crippen LogP contribution in [0.5, 0.6) is 0 Å². The molecule has 0 unspecified atom stereocenters. The fraction of sp³-hybridized carbons (Fsp3) is 0.280. The Hall–Kier alpha value is -2.96. The Morgan fingerprint density at radius 3 is 2.55 bits per heavy atom. The van der Waals surface area contributed by atoms with Crippen LogP contribution in [0.25, 0.3) is 22.2 Å². The van der Waals surface area contributed by atoms with E-state index in [1.807, 2.05) is 42.3 Å². The Morgan fingerprint density at radius 1 is 1.00 bits per heavy atom. The van der Waals surface area contributed by atoms with E-state index in [0.29, 0.717) is 6.42 Å². The van der Waals surface area contributed by atoms with Crippen LogP contribution in [0.15, 0.2) is 66.2 Å². The largest absolute Gasteiger partial charge is 0.350 e. The fourth-order valence-electron chi connectivity index (χ4n) is 4.31. The lowest BCUT2D eigenvalue weighted by Gasteiger charge is -2.34. The summed E-state index contributed by atoms with van der Waals surface area (Å²) in [5, 5.41) is 4.44. The predicted molar refractivity (Wildman–Crippen MR) is 126 cm³/mol. The van der Waals surface area contributed by atoms with Gasteiger partial charge in [0.05, 0.1) is 18.7 Å². The molecule has 1 aliphatic rings. The Balaban J connectivity index is 1.17. The third kappa shape index (κ3) is 4.27. The van der Waals surface area contributed by atoms with Crippen LogP contribution in [0.2, 0.25) is 0 Å². The van der Waals surface area contributed by atoms with Crippen LogP contribution in [-0.4, -0.2) is 51.4 Å². The van der Waals surface area contributed by atoms with Crippen LogP contribution in [0.4, 0.5) is 0 Å². The van der Waals surface area contributed by atoms with Gasteiger partial charge in [-0.25, -0.2) is 4.98 Å². The molecule has 3 heterocycles. The number of hydrogen-bond donors (Lipinski definition) is 0. The molecule has 4 aromatic rings. The van der Waals surface area contributed by atoms with Crippen LogP contribution >= 0.6 is 11.3 Å². The molecule has 0 spiro atoms. The van der Waals surface area contributed by atoms with Gasteiger partial charge >= 0.3 is 0 Å². The molecule has 5 rings (SSSR count). The molecule has 158 valence electrons. The first-order valence-corrected chi connectivity index (χ1v) is 11.6. The minimum atomic E-state index is 0.219. The number of benzene rings is 2. The zero-order chi connectivity index (χ0) is 21.2. The first-order chi connectivity index (χ1) is 15.2. The van der Waals surface area contributed by atoms with Crippen LogP contribution in [-0.2, 0) is 24.8 Å². The molecule has 1 amide bonds. The van der Waals surface area contributed by atoms with Crippen LogP contribution < -0.4 is 0 Å². The zero-order valence-corrected chi connectivity index (χ0v) is 18.5. The normalized spacial score (nSPS) is 14.9. The molecule has 0 atom stereocenters. The molecule has 6 heteroatoms. The minimum absolute atomic E-state index is 0.219. The summed E-state index contributed by atoms with van der Waals surface area (Å²) >= 11 is 1.71. The summed E-state index contributed by atoms with van der Waals surface area (Å²) in [5.41, 5.74) is 4.49. The molecule has 2 aromatic heterocycles. The van der Waals surface area contributed by atoms with Crippen molar-refractivity contribution in [3.8, 4) is 11.3 Å². The van der Waals surface area contributed by atoms with Gasteiger partial charge in [0.2, 0.25) is 5.91 Å². The summed E-state index contributed by atoms with van der Waals surface area (Å²) in [4.78, 5) is 22.2. The Bertz CT molecular complexity index is 1190. The summed E-state index contributed by atoms with van der Waals surface area (Å²) in [6, 6.07) is 18.6. The highest BCUT2D eigenvalue weighted by molar-refractivity contribution is 7.09. The van der Waals surface area contributed by atoms with Crippen molar-refractivity contribution in [3.05, 3.63) is 76.7 Å². The van der Waals surface area contributed by atoms with E-state index in [1.54, 1.807) is 11.3 Å². The number of carbonyl (C=O) groups is 1. The summed E-state index contributed by atoms with van der Waals surface area (Å²) < 4.78 is 2.10. The number of aromatic nitrogens is 2. The van der Waals surface area contributed by atoms with Crippen molar-refractivity contribution in [1.82, 2.24) is 19.4 Å². The van der Waals surface area contributed by atoms with Gasteiger partial charge in [-0.05, 0) is 11.6 Å². The van der Waals surface area contributed by atoms with Gasteiger partial charge in [-0.2, -0.15) is 0 Å². The Morgan fingerprint density at radius 2 is 1.74 bits per heavy atom. The van der Waals surface area contributed by atoms with Crippen LogP contribution in [0, 0.1) is 0 Å². The van der Waals surface area contributed by atoms with E-state index in [1.165, 1.54) is 10.9 Å². The highest BCUT2D eigenvalue weighted by Crippen LogP contribution is 2.24. The van der Waals surface area contributed by atoms with Gasteiger partial charge in [0.1, 0.15) is 5.01 Å². The van der Waals surface area contributed by atoms with E-state index in [9.17, 15) is 4.79 Å². The predicted octanol–water partition coefficient (Wildman–Crippen LogP) is 4.19. The lowest BCUT2D eigenvalue weighted by atomic mass is 10.1. The van der Waals surface area contributed by atoms with Crippen molar-refractivity contribution >= 4 is 28.1 Å². The second-order valence-electron chi connectivity index (χ2n) is 8.11. The first kappa shape index (κ1) is 20.0. The summed E-state index contributed by atoms with van der Waals surface area (Å²) in [6.07, 6.45) is 2.56. The fourth-order valence-corrected chi connectivity index (χ4v) is 5.16. The summed E-state index contributed by atoms with van der Waals surface area (Å²) in [5.74, 6) is 0.219. The molecule has 2 aromatic carbocycles. The average Bonchev–Trinajstić information content (AvgIpc) is 3.40. The van der Waals surface area contributed by atoms with E-state index in [2.05, 4.69) is 45.3 Å². The molecule has 0 saturated carbocycles. The van der Waals surface area contributed by atoms with Gasteiger partial charge in [-0.1, -0.05) is 48.5 Å². The SMILES string of the molecule is Cn1cc(CC(=O)N2CCN(Cc3nc(-c4ccccc4)cs3)CC2)c2ccccc21. The number of para-hydroxylation sites is 1. The van der Waals surface area contributed by atoms with Crippen molar-refractivity contribution in [2.24, 2.45) is 7.05 Å². The minimum Gasteiger partial charge on any atom is -0.350 e. The molecule has 0 bridgehead atoms. The van der Waals surface area contributed by atoms with E-state index < -0.39 is 0 Å². The number of fused-ring (bicyclic) bond motifs is 1. The molecule has 0 N–H and O–H groups in total. The van der Waals surface area contributed by atoms with E-state index >= 15 is 0 Å². The molecule has 1 fully saturated rings. The highest BCUT2D eigenvalue weighted by Gasteiger charge is 2.23. The summed E-state index contributed by atoms with van der Waals surface area (Å²) in [6.45, 7) is 4.19. The summed E-state index contributed by atoms with van der Waals surface area (Å²) in [7, 11) is 2.04. The zero-order valence-electron chi connectivity index (χ0n) is 17.7. The molecule has 0 aliphatic carbocycles. The van der Waals surface area contributed by atoms with Crippen molar-refractivity contribution in [3.63, 3.8) is 0 Å². The van der Waals surface area contributed by atoms with E-state index in [-0.39, 0.29) is 5.91 Å². The maximum absolute atomic E-state index is 12.9. The van der Waals surface area contributed by atoms with Gasteiger partial charge in [0.25, 0.3) is 0 Å². The number of aryl methyl sites for hydroxylation is 1. The molecular weight excluding hydrogens is 404 g/mol. The number of hydrogen-bond acceptors (Lipinski definition) is 4. The van der Waals surface area contributed by atoms with Crippen molar-refractivity contribution in [2.75, 3.05) is 26.2 Å². The lowest BCUT2D eigenvalue weighted by molar-refractivity contribution is -0.132. The van der Waals surface area contributed by atoms with Gasteiger partial charge in [0.15, 0.2) is 0 Å². The van der Waals surface area contributed by atoms with Gasteiger partial charge in [0, 0.05) is 61.3 Å². The molecule has 31 heavy (non-hydrogen) atoms. The third-order valence-electron chi connectivity index (χ3n) is 6.03. The number of amides is 1. The average molecular weight is 431 g/mol. The van der Waals surface area contributed by atoms with Gasteiger partial charge < -0.3 is 9.47 Å². The Kier molecular flexibility index (Phi) is 5.57. The van der Waals surface area contributed by atoms with Crippen LogP contribution in [0.3, 0.4) is 0 Å². The molecule has 1 aliphatic heterocycles. The molecule has 5 nitrogen and oxygen atoms in total. The molecular formula is C25H26N4OS. The van der Waals surface area contributed by atoms with E-state index in [0.717, 1.165) is 54.6 Å². The lowest BCUT2D eigenvalue weighted by Crippen LogP contribution is -2.48. The number of piperazine rings is 1. The molecule has 0 radical (unpaired) electrons. The first-order valence-electron chi connectivity index (χ1n) is 10.7. The maximum Gasteiger partial charge on any atom is 0.227 e. The maximum atomic E-state index is 12.9. The Labute approximate surface area is 186 Å². The van der Waals surface area contributed by atoms with E-state index in [4.69, 9.17) is 4.98 Å². The highest BCUT2D eigenvalue weighted by atomic mass is 32.1. The number of rotatable bonds is 5. The van der Waals surface area contributed by atoms with Crippen molar-refractivity contribution in [2.45, 2.75) is 13.0 Å². The van der Waals surface area contributed by atoms with Gasteiger partial charge in [-0.15, -0.1) is 11.3 Å². The quantitative estimate of drug-likeness (QED) is 0.477. The smallest absolute Gasteiger partial charge is 0.227 e. The third-order valence-corrected chi connectivity index (χ3v) is 6.86. The van der Waals surface area contributed by atoms with Crippen molar-refractivity contribution in [1.29, 1.82) is 0 Å². The topological polar surface area (TPSA) is 41.4 Å². The van der Waals surface area contributed by atoms with Gasteiger partial charge in [-0.3, -0.25) is 9.69 Å². The number of thiazole rings is 1. The molecule has 1 saturated heterocycles. The van der Waals surface area contributed by atoms with Crippen LogP contribution in [0.1, 0.15) is 10.6 Å². The number of nitrogens with zero attached hydrogens (tertiary/aromatic N) is 4. The second kappa shape index (κ2) is 8.65. The number of carbonyl (C=O) groups excluding carboxylic acids is 1.